The molecule has 5 heteroatoms. The van der Waals surface area contributed by atoms with Gasteiger partial charge >= 0.3 is 0 Å². The Hall–Kier alpha value is -1.75. The number of carbonyl (C=O) groups is 1. The van der Waals surface area contributed by atoms with Gasteiger partial charge in [0, 0.05) is 31.6 Å². The number of anilines is 2. The number of methoxy groups -OCH3 is 1. The predicted molar refractivity (Wildman–Crippen MR) is 78.4 cm³/mol. The van der Waals surface area contributed by atoms with E-state index in [4.69, 9.17) is 10.5 Å². The van der Waals surface area contributed by atoms with Crippen molar-refractivity contribution in [1.29, 1.82) is 0 Å². The number of amides is 1. The molecule has 0 unspecified atom stereocenters. The minimum Gasteiger partial charge on any atom is -0.399 e. The monoisotopic (exact) mass is 265 g/mol. The van der Waals surface area contributed by atoms with Crippen LogP contribution in [0, 0.1) is 0 Å². The third kappa shape index (κ3) is 4.44. The van der Waals surface area contributed by atoms with Crippen molar-refractivity contribution in [3.63, 3.8) is 0 Å². The zero-order chi connectivity index (χ0) is 14.5. The summed E-state index contributed by atoms with van der Waals surface area (Å²) in [5, 5.41) is 6.00. The Kier molecular flexibility index (Phi) is 5.18. The number of hydrogen-bond donors (Lipinski definition) is 3. The fourth-order valence-electron chi connectivity index (χ4n) is 1.54. The van der Waals surface area contributed by atoms with E-state index in [0.29, 0.717) is 24.3 Å². The first-order valence-electron chi connectivity index (χ1n) is 6.36. The zero-order valence-corrected chi connectivity index (χ0v) is 12.0. The maximum atomic E-state index is 11.9. The van der Waals surface area contributed by atoms with Gasteiger partial charge in [-0.25, -0.2) is 0 Å². The summed E-state index contributed by atoms with van der Waals surface area (Å²) in [6.45, 7) is 7.00. The molecular formula is C14H23N3O2. The van der Waals surface area contributed by atoms with Gasteiger partial charge in [0.2, 0.25) is 0 Å². The Balaban J connectivity index is 2.91. The van der Waals surface area contributed by atoms with Crippen LogP contribution in [0.3, 0.4) is 0 Å². The molecule has 106 valence electrons. The first kappa shape index (κ1) is 15.3. The molecule has 1 rings (SSSR count). The minimum atomic E-state index is -0.316. The summed E-state index contributed by atoms with van der Waals surface area (Å²) in [7, 11) is 1.66. The Morgan fingerprint density at radius 2 is 2.11 bits per heavy atom. The second kappa shape index (κ2) is 6.43. The Morgan fingerprint density at radius 1 is 1.42 bits per heavy atom. The summed E-state index contributed by atoms with van der Waals surface area (Å²) >= 11 is 0. The number of nitrogens with one attached hydrogen (secondary N) is 2. The maximum absolute atomic E-state index is 11.9. The largest absolute Gasteiger partial charge is 0.399 e. The predicted octanol–water partition coefficient (Wildman–Crippen LogP) is 1.86. The number of nitrogen functional groups attached to an aromatic ring is 1. The molecule has 0 radical (unpaired) electrons. The van der Waals surface area contributed by atoms with Crippen LogP contribution < -0.4 is 16.4 Å². The molecule has 0 aliphatic heterocycles. The van der Waals surface area contributed by atoms with Gasteiger partial charge in [0.1, 0.15) is 0 Å². The summed E-state index contributed by atoms with van der Waals surface area (Å²) in [5.41, 5.74) is 7.38. The third-order valence-electron chi connectivity index (χ3n) is 2.88. The van der Waals surface area contributed by atoms with Crippen molar-refractivity contribution in [2.24, 2.45) is 0 Å². The molecule has 1 amide bonds. The van der Waals surface area contributed by atoms with Gasteiger partial charge in [0.05, 0.1) is 11.2 Å². The lowest BCUT2D eigenvalue weighted by molar-refractivity contribution is 0.0343. The Morgan fingerprint density at radius 3 is 2.68 bits per heavy atom. The van der Waals surface area contributed by atoms with Crippen LogP contribution in [-0.2, 0) is 4.74 Å². The van der Waals surface area contributed by atoms with Crippen molar-refractivity contribution in [3.05, 3.63) is 23.8 Å². The zero-order valence-electron chi connectivity index (χ0n) is 12.0. The Bertz CT molecular complexity index is 444. The quantitative estimate of drug-likeness (QED) is 0.686. The highest BCUT2D eigenvalue weighted by atomic mass is 16.5. The van der Waals surface area contributed by atoms with Gasteiger partial charge in [-0.05, 0) is 39.0 Å². The standard InChI is InChI=1S/C14H23N3O2/c1-5-16-13(18)11-7-6-10(15)8-12(11)17-9-14(2,3)19-4/h6-8,17H,5,9,15H2,1-4H3,(H,16,18). The van der Waals surface area contributed by atoms with Crippen LogP contribution in [-0.4, -0.2) is 31.7 Å². The number of benzene rings is 1. The van der Waals surface area contributed by atoms with Gasteiger partial charge in [-0.15, -0.1) is 0 Å². The van der Waals surface area contributed by atoms with E-state index in [0.717, 1.165) is 5.69 Å². The summed E-state index contributed by atoms with van der Waals surface area (Å²) in [5.74, 6) is -0.111. The number of hydrogen-bond acceptors (Lipinski definition) is 4. The van der Waals surface area contributed by atoms with E-state index in [2.05, 4.69) is 10.6 Å². The van der Waals surface area contributed by atoms with Gasteiger partial charge in [0.25, 0.3) is 5.91 Å². The highest BCUT2D eigenvalue weighted by Gasteiger charge is 2.18. The molecular weight excluding hydrogens is 242 g/mol. The fraction of sp³-hybridized carbons (Fsp3) is 0.500. The van der Waals surface area contributed by atoms with Crippen LogP contribution in [0.15, 0.2) is 18.2 Å². The van der Waals surface area contributed by atoms with Crippen molar-refractivity contribution >= 4 is 17.3 Å². The molecule has 5 nitrogen and oxygen atoms in total. The first-order valence-corrected chi connectivity index (χ1v) is 6.36. The highest BCUT2D eigenvalue weighted by Crippen LogP contribution is 2.20. The topological polar surface area (TPSA) is 76.4 Å². The second-order valence-electron chi connectivity index (χ2n) is 4.98. The normalized spacial score (nSPS) is 11.2. The average molecular weight is 265 g/mol. The van der Waals surface area contributed by atoms with Crippen LogP contribution in [0.2, 0.25) is 0 Å². The van der Waals surface area contributed by atoms with Gasteiger partial charge in [-0.1, -0.05) is 0 Å². The number of rotatable bonds is 6. The molecule has 0 aliphatic rings. The van der Waals surface area contributed by atoms with Crippen LogP contribution in [0.5, 0.6) is 0 Å². The van der Waals surface area contributed by atoms with Crippen molar-refractivity contribution < 1.29 is 9.53 Å². The summed E-state index contributed by atoms with van der Waals surface area (Å²) in [6, 6.07) is 5.20. The molecule has 1 aromatic rings. The molecule has 0 spiro atoms. The summed E-state index contributed by atoms with van der Waals surface area (Å²) < 4.78 is 5.34. The smallest absolute Gasteiger partial charge is 0.253 e. The molecule has 19 heavy (non-hydrogen) atoms. The lowest BCUT2D eigenvalue weighted by Crippen LogP contribution is -2.33. The molecule has 1 aromatic carbocycles. The fourth-order valence-corrected chi connectivity index (χ4v) is 1.54. The van der Waals surface area contributed by atoms with E-state index in [9.17, 15) is 4.79 Å². The molecule has 0 heterocycles. The minimum absolute atomic E-state index is 0.111. The second-order valence-corrected chi connectivity index (χ2v) is 4.98. The Labute approximate surface area is 114 Å². The van der Waals surface area contributed by atoms with Gasteiger partial charge in [-0.3, -0.25) is 4.79 Å². The lowest BCUT2D eigenvalue weighted by Gasteiger charge is -2.24. The van der Waals surface area contributed by atoms with E-state index < -0.39 is 0 Å². The van der Waals surface area contributed by atoms with E-state index in [1.807, 2.05) is 20.8 Å². The molecule has 4 N–H and O–H groups in total. The molecule has 0 atom stereocenters. The van der Waals surface area contributed by atoms with Crippen molar-refractivity contribution in [1.82, 2.24) is 5.32 Å². The first-order chi connectivity index (χ1) is 8.89. The van der Waals surface area contributed by atoms with Crippen molar-refractivity contribution in [2.45, 2.75) is 26.4 Å². The van der Waals surface area contributed by atoms with E-state index in [1.54, 1.807) is 25.3 Å². The maximum Gasteiger partial charge on any atom is 0.253 e. The van der Waals surface area contributed by atoms with Crippen LogP contribution >= 0.6 is 0 Å². The van der Waals surface area contributed by atoms with Crippen molar-refractivity contribution in [2.75, 3.05) is 31.2 Å². The van der Waals surface area contributed by atoms with Crippen molar-refractivity contribution in [3.8, 4) is 0 Å². The molecule has 0 aromatic heterocycles. The molecule has 0 bridgehead atoms. The van der Waals surface area contributed by atoms with Gasteiger partial charge in [-0.2, -0.15) is 0 Å². The molecule has 0 saturated carbocycles. The SMILES string of the molecule is CCNC(=O)c1ccc(N)cc1NCC(C)(C)OC. The molecule has 0 fully saturated rings. The van der Waals surface area contributed by atoms with Crippen LogP contribution in [0.1, 0.15) is 31.1 Å². The number of ether oxygens (including phenoxy) is 1. The van der Waals surface area contributed by atoms with Gasteiger partial charge < -0.3 is 21.1 Å². The third-order valence-corrected chi connectivity index (χ3v) is 2.88. The van der Waals surface area contributed by atoms with E-state index in [-0.39, 0.29) is 11.5 Å². The number of carbonyl (C=O) groups excluding carboxylic acids is 1. The number of nitrogens with two attached hydrogens (primary N) is 1. The van der Waals surface area contributed by atoms with E-state index in [1.165, 1.54) is 0 Å². The lowest BCUT2D eigenvalue weighted by atomic mass is 10.1. The van der Waals surface area contributed by atoms with E-state index >= 15 is 0 Å². The summed E-state index contributed by atoms with van der Waals surface area (Å²) in [4.78, 5) is 11.9. The van der Waals surface area contributed by atoms with Gasteiger partial charge in [0.15, 0.2) is 0 Å². The van der Waals surface area contributed by atoms with Crippen LogP contribution in [0.25, 0.3) is 0 Å². The molecule has 0 aliphatic carbocycles. The molecule has 0 saturated heterocycles. The summed E-state index contributed by atoms with van der Waals surface area (Å²) in [6.07, 6.45) is 0. The van der Waals surface area contributed by atoms with Crippen LogP contribution in [0.4, 0.5) is 11.4 Å². The average Bonchev–Trinajstić information content (AvgIpc) is 2.37. The highest BCUT2D eigenvalue weighted by molar-refractivity contribution is 6.00.